The maximum absolute atomic E-state index is 12.3. The zero-order valence-electron chi connectivity index (χ0n) is 12.9. The molecular formula is C17H20N3OS+. The fourth-order valence-electron chi connectivity index (χ4n) is 2.68. The molecule has 3 aromatic heterocycles. The van der Waals surface area contributed by atoms with Crippen LogP contribution < -0.4 is 10.5 Å². The number of rotatable bonds is 5. The normalized spacial score (nSPS) is 12.6. The highest BCUT2D eigenvalue weighted by atomic mass is 32.1. The van der Waals surface area contributed by atoms with Crippen molar-refractivity contribution in [3.8, 4) is 0 Å². The molecule has 0 saturated heterocycles. The lowest BCUT2D eigenvalue weighted by Crippen LogP contribution is -3.09. The van der Waals surface area contributed by atoms with Gasteiger partial charge in [0.25, 0.3) is 5.56 Å². The maximum Gasteiger partial charge on any atom is 0.258 e. The largest absolute Gasteiger partial charge is 0.326 e. The van der Waals surface area contributed by atoms with Crippen LogP contribution in [0.5, 0.6) is 0 Å². The number of hydrogen-bond acceptors (Lipinski definition) is 3. The predicted octanol–water partition coefficient (Wildman–Crippen LogP) is 1.67. The monoisotopic (exact) mass is 314 g/mol. The van der Waals surface area contributed by atoms with Gasteiger partial charge >= 0.3 is 0 Å². The van der Waals surface area contributed by atoms with E-state index < -0.39 is 0 Å². The average Bonchev–Trinajstić information content (AvgIpc) is 2.99. The van der Waals surface area contributed by atoms with Crippen molar-refractivity contribution in [3.05, 3.63) is 68.4 Å². The molecule has 3 aromatic rings. The summed E-state index contributed by atoms with van der Waals surface area (Å²) in [5.41, 5.74) is 2.52. The summed E-state index contributed by atoms with van der Waals surface area (Å²) in [6.07, 6.45) is 0. The molecule has 0 aromatic carbocycles. The third kappa shape index (κ3) is 3.10. The van der Waals surface area contributed by atoms with Crippen LogP contribution in [0, 0.1) is 6.92 Å². The first kappa shape index (κ1) is 14.9. The first-order valence-corrected chi connectivity index (χ1v) is 8.39. The lowest BCUT2D eigenvalue weighted by molar-refractivity contribution is -0.925. The minimum absolute atomic E-state index is 0.00433. The zero-order valence-corrected chi connectivity index (χ0v) is 13.7. The Kier molecular flexibility index (Phi) is 4.36. The Morgan fingerprint density at radius 1 is 1.23 bits per heavy atom. The molecule has 4 nitrogen and oxygen atoms in total. The first-order valence-electron chi connectivity index (χ1n) is 7.51. The Bertz CT molecular complexity index is 824. The predicted molar refractivity (Wildman–Crippen MR) is 89.4 cm³/mol. The molecule has 0 aliphatic carbocycles. The van der Waals surface area contributed by atoms with E-state index in [0.29, 0.717) is 0 Å². The van der Waals surface area contributed by atoms with Crippen molar-refractivity contribution in [3.63, 3.8) is 0 Å². The van der Waals surface area contributed by atoms with E-state index >= 15 is 0 Å². The molecule has 0 radical (unpaired) electrons. The van der Waals surface area contributed by atoms with E-state index in [0.717, 1.165) is 36.7 Å². The number of thiophene rings is 1. The van der Waals surface area contributed by atoms with E-state index in [1.165, 1.54) is 9.78 Å². The van der Waals surface area contributed by atoms with Crippen molar-refractivity contribution in [1.29, 1.82) is 0 Å². The molecule has 0 saturated carbocycles. The molecule has 0 fully saturated rings. The van der Waals surface area contributed by atoms with Crippen molar-refractivity contribution in [2.45, 2.75) is 26.9 Å². The molecule has 22 heavy (non-hydrogen) atoms. The summed E-state index contributed by atoms with van der Waals surface area (Å²) in [6, 6.07) is 11.7. The van der Waals surface area contributed by atoms with Gasteiger partial charge in [0, 0.05) is 11.8 Å². The molecule has 3 heterocycles. The van der Waals surface area contributed by atoms with Crippen LogP contribution in [0.4, 0.5) is 0 Å². The number of fused-ring (bicyclic) bond motifs is 1. The van der Waals surface area contributed by atoms with Gasteiger partial charge in [0.1, 0.15) is 24.4 Å². The molecule has 1 atom stereocenters. The van der Waals surface area contributed by atoms with Crippen LogP contribution in [0.2, 0.25) is 0 Å². The first-order chi connectivity index (χ1) is 10.7. The second-order valence-corrected chi connectivity index (χ2v) is 6.52. The van der Waals surface area contributed by atoms with E-state index in [2.05, 4.69) is 29.4 Å². The number of nitrogens with zero attached hydrogens (tertiary/aromatic N) is 2. The van der Waals surface area contributed by atoms with E-state index in [1.807, 2.05) is 25.1 Å². The summed E-state index contributed by atoms with van der Waals surface area (Å²) >= 11 is 1.78. The summed E-state index contributed by atoms with van der Waals surface area (Å²) in [6.45, 7) is 6.85. The maximum atomic E-state index is 12.3. The van der Waals surface area contributed by atoms with Gasteiger partial charge in [-0.1, -0.05) is 12.1 Å². The lowest BCUT2D eigenvalue weighted by atomic mass is 10.3. The number of pyridine rings is 1. The van der Waals surface area contributed by atoms with Gasteiger partial charge in [-0.05, 0) is 37.4 Å². The molecule has 114 valence electrons. The van der Waals surface area contributed by atoms with Gasteiger partial charge in [-0.25, -0.2) is 4.98 Å². The molecule has 0 spiro atoms. The van der Waals surface area contributed by atoms with Crippen LogP contribution in [0.25, 0.3) is 5.65 Å². The summed E-state index contributed by atoms with van der Waals surface area (Å²) in [5.74, 6) is 0. The minimum atomic E-state index is 0.00433. The number of quaternary nitrogens is 1. The Hall–Kier alpha value is -1.98. The number of aryl methyl sites for hydroxylation is 1. The molecule has 3 rings (SSSR count). The van der Waals surface area contributed by atoms with E-state index in [-0.39, 0.29) is 5.56 Å². The highest BCUT2D eigenvalue weighted by molar-refractivity contribution is 7.09. The molecule has 0 bridgehead atoms. The summed E-state index contributed by atoms with van der Waals surface area (Å²) < 4.78 is 1.66. The molecule has 5 heteroatoms. The van der Waals surface area contributed by atoms with Crippen LogP contribution in [0.3, 0.4) is 0 Å². The van der Waals surface area contributed by atoms with Crippen LogP contribution in [-0.4, -0.2) is 15.9 Å². The minimum Gasteiger partial charge on any atom is -0.326 e. The molecule has 1 unspecified atom stereocenters. The molecule has 1 N–H and O–H groups in total. The van der Waals surface area contributed by atoms with E-state index in [9.17, 15) is 4.79 Å². The molecule has 0 aliphatic heterocycles. The number of hydrogen-bond donors (Lipinski definition) is 1. The highest BCUT2D eigenvalue weighted by Gasteiger charge is 2.12. The van der Waals surface area contributed by atoms with Crippen molar-refractivity contribution < 1.29 is 4.90 Å². The van der Waals surface area contributed by atoms with Gasteiger partial charge < -0.3 is 4.90 Å². The fourth-order valence-corrected chi connectivity index (χ4v) is 3.46. The number of nitrogens with one attached hydrogen (secondary N) is 1. The standard InChI is InChI=1S/C17H19N3OS/c1-3-19(12-15-7-5-9-22-15)11-14-10-17(21)20-13(2)6-4-8-16(20)18-14/h4-10H,3,11-12H2,1-2H3/p+1. The fraction of sp³-hybridized carbons (Fsp3) is 0.294. The third-order valence-corrected chi connectivity index (χ3v) is 4.74. The quantitative estimate of drug-likeness (QED) is 0.778. The number of aromatic nitrogens is 2. The van der Waals surface area contributed by atoms with Crippen LogP contribution >= 0.6 is 11.3 Å². The van der Waals surface area contributed by atoms with Crippen molar-refractivity contribution in [2.75, 3.05) is 6.54 Å². The molecule has 0 aliphatic rings. The summed E-state index contributed by atoms with van der Waals surface area (Å²) in [5, 5.41) is 2.10. The lowest BCUT2D eigenvalue weighted by Gasteiger charge is -2.16. The van der Waals surface area contributed by atoms with Crippen LogP contribution in [0.1, 0.15) is 23.2 Å². The average molecular weight is 314 g/mol. The zero-order chi connectivity index (χ0) is 15.5. The third-order valence-electron chi connectivity index (χ3n) is 3.87. The summed E-state index contributed by atoms with van der Waals surface area (Å²) in [4.78, 5) is 19.8. The van der Waals surface area contributed by atoms with Gasteiger partial charge in [-0.2, -0.15) is 0 Å². The Morgan fingerprint density at radius 3 is 2.82 bits per heavy atom. The topological polar surface area (TPSA) is 38.8 Å². The molecular weight excluding hydrogens is 294 g/mol. The van der Waals surface area contributed by atoms with Gasteiger partial charge in [0.05, 0.1) is 11.4 Å². The van der Waals surface area contributed by atoms with Crippen LogP contribution in [-0.2, 0) is 13.1 Å². The smallest absolute Gasteiger partial charge is 0.258 e. The molecule has 0 amide bonds. The Morgan fingerprint density at radius 2 is 2.09 bits per heavy atom. The Labute approximate surface area is 133 Å². The van der Waals surface area contributed by atoms with Gasteiger partial charge in [0.15, 0.2) is 0 Å². The highest BCUT2D eigenvalue weighted by Crippen LogP contribution is 2.06. The van der Waals surface area contributed by atoms with E-state index in [1.54, 1.807) is 21.8 Å². The second kappa shape index (κ2) is 6.42. The SMILES string of the molecule is CC[NH+](Cc1cc(=O)n2c(C)cccc2n1)Cc1cccs1. The van der Waals surface area contributed by atoms with Crippen molar-refractivity contribution >= 4 is 17.0 Å². The van der Waals surface area contributed by atoms with Crippen LogP contribution in [0.15, 0.2) is 46.6 Å². The van der Waals surface area contributed by atoms with Crippen molar-refractivity contribution in [1.82, 2.24) is 9.38 Å². The van der Waals surface area contributed by atoms with Gasteiger partial charge in [-0.15, -0.1) is 11.3 Å². The van der Waals surface area contributed by atoms with Crippen molar-refractivity contribution in [2.24, 2.45) is 0 Å². The van der Waals surface area contributed by atoms with Gasteiger partial charge in [-0.3, -0.25) is 9.20 Å². The second-order valence-electron chi connectivity index (χ2n) is 5.48. The summed E-state index contributed by atoms with van der Waals surface area (Å²) in [7, 11) is 0. The van der Waals surface area contributed by atoms with Gasteiger partial charge in [0.2, 0.25) is 0 Å². The Balaban J connectivity index is 1.88. The van der Waals surface area contributed by atoms with E-state index in [4.69, 9.17) is 0 Å².